The Kier molecular flexibility index (Phi) is 6.65. The van der Waals surface area contributed by atoms with Gasteiger partial charge < -0.3 is 9.64 Å². The molecule has 0 amide bonds. The molecular formula is C11H23NOS. The summed E-state index contributed by atoms with van der Waals surface area (Å²) in [6, 6.07) is 0.809. The maximum absolute atomic E-state index is 5.43. The van der Waals surface area contributed by atoms with Crippen LogP contribution in [0.25, 0.3) is 0 Å². The van der Waals surface area contributed by atoms with Crippen LogP contribution in [0, 0.1) is 0 Å². The summed E-state index contributed by atoms with van der Waals surface area (Å²) in [7, 11) is 2.22. The van der Waals surface area contributed by atoms with Gasteiger partial charge in [0.2, 0.25) is 0 Å². The summed E-state index contributed by atoms with van der Waals surface area (Å²) in [5.41, 5.74) is 0. The van der Waals surface area contributed by atoms with E-state index in [-0.39, 0.29) is 0 Å². The van der Waals surface area contributed by atoms with Crippen LogP contribution in [-0.2, 0) is 4.74 Å². The van der Waals surface area contributed by atoms with E-state index < -0.39 is 0 Å². The highest BCUT2D eigenvalue weighted by atomic mass is 32.1. The number of ether oxygens (including phenoxy) is 1. The summed E-state index contributed by atoms with van der Waals surface area (Å²) < 4.78 is 5.43. The first-order chi connectivity index (χ1) is 6.84. The molecule has 84 valence electrons. The maximum Gasteiger partial charge on any atom is 0.0593 e. The fourth-order valence-corrected chi connectivity index (χ4v) is 2.21. The Hall–Kier alpha value is 0.270. The van der Waals surface area contributed by atoms with Crippen LogP contribution in [0.3, 0.4) is 0 Å². The molecule has 0 aliphatic heterocycles. The average molecular weight is 217 g/mol. The minimum Gasteiger partial charge on any atom is -0.379 e. The van der Waals surface area contributed by atoms with Crippen molar-refractivity contribution in [3.63, 3.8) is 0 Å². The van der Waals surface area contributed by atoms with Gasteiger partial charge in [0.05, 0.1) is 13.2 Å². The van der Waals surface area contributed by atoms with E-state index in [1.54, 1.807) is 0 Å². The summed E-state index contributed by atoms with van der Waals surface area (Å²) in [6.45, 7) is 2.70. The lowest BCUT2D eigenvalue weighted by Crippen LogP contribution is -2.35. The normalized spacial score (nSPS) is 19.1. The second-order valence-electron chi connectivity index (χ2n) is 4.11. The second-order valence-corrected chi connectivity index (χ2v) is 4.56. The number of nitrogens with zero attached hydrogens (tertiary/aromatic N) is 1. The van der Waals surface area contributed by atoms with E-state index in [0.717, 1.165) is 31.6 Å². The third kappa shape index (κ3) is 4.67. The standard InChI is InChI=1S/C11H23NOS/c1-12(7-8-13-9-10-14)11-5-3-2-4-6-11/h11,14H,2-10H2,1H3. The average Bonchev–Trinajstić information content (AvgIpc) is 2.25. The van der Waals surface area contributed by atoms with E-state index in [2.05, 4.69) is 24.6 Å². The van der Waals surface area contributed by atoms with E-state index in [1.807, 2.05) is 0 Å². The molecule has 2 nitrogen and oxygen atoms in total. The molecule has 0 bridgehead atoms. The molecule has 0 aromatic heterocycles. The van der Waals surface area contributed by atoms with Gasteiger partial charge >= 0.3 is 0 Å². The van der Waals surface area contributed by atoms with Crippen molar-refractivity contribution in [1.82, 2.24) is 4.90 Å². The number of hydrogen-bond acceptors (Lipinski definition) is 3. The molecule has 0 radical (unpaired) electrons. The molecule has 0 aromatic carbocycles. The first-order valence-corrected chi connectivity index (χ1v) is 6.36. The molecule has 14 heavy (non-hydrogen) atoms. The minimum absolute atomic E-state index is 0.779. The van der Waals surface area contributed by atoms with Crippen LogP contribution in [0.2, 0.25) is 0 Å². The van der Waals surface area contributed by atoms with Gasteiger partial charge in [-0.25, -0.2) is 0 Å². The molecule has 3 heteroatoms. The Morgan fingerprint density at radius 3 is 2.57 bits per heavy atom. The van der Waals surface area contributed by atoms with Gasteiger partial charge in [0, 0.05) is 18.3 Å². The molecule has 0 N–H and O–H groups in total. The predicted molar refractivity (Wildman–Crippen MR) is 64.2 cm³/mol. The quantitative estimate of drug-likeness (QED) is 0.541. The zero-order chi connectivity index (χ0) is 10.2. The Bertz CT molecular complexity index is 137. The zero-order valence-corrected chi connectivity index (χ0v) is 10.1. The number of likely N-dealkylation sites (N-methyl/N-ethyl adjacent to an activating group) is 1. The molecule has 0 heterocycles. The largest absolute Gasteiger partial charge is 0.379 e. The van der Waals surface area contributed by atoms with Gasteiger partial charge in [-0.2, -0.15) is 12.6 Å². The van der Waals surface area contributed by atoms with Crippen molar-refractivity contribution >= 4 is 12.6 Å². The predicted octanol–water partition coefficient (Wildman–Crippen LogP) is 2.20. The summed E-state index contributed by atoms with van der Waals surface area (Å²) in [5.74, 6) is 0.827. The van der Waals surface area contributed by atoms with E-state index in [9.17, 15) is 0 Å². The molecule has 1 aliphatic carbocycles. The van der Waals surface area contributed by atoms with Crippen molar-refractivity contribution in [2.45, 2.75) is 38.1 Å². The van der Waals surface area contributed by atoms with Crippen LogP contribution >= 0.6 is 12.6 Å². The molecule has 0 spiro atoms. The monoisotopic (exact) mass is 217 g/mol. The van der Waals surface area contributed by atoms with Gasteiger partial charge in [0.25, 0.3) is 0 Å². The van der Waals surface area contributed by atoms with Crippen molar-refractivity contribution < 1.29 is 4.74 Å². The van der Waals surface area contributed by atoms with Gasteiger partial charge in [-0.15, -0.1) is 0 Å². The minimum atomic E-state index is 0.779. The second kappa shape index (κ2) is 7.55. The lowest BCUT2D eigenvalue weighted by Gasteiger charge is -2.30. The molecule has 0 atom stereocenters. The molecule has 1 saturated carbocycles. The van der Waals surface area contributed by atoms with Gasteiger partial charge in [0.1, 0.15) is 0 Å². The summed E-state index contributed by atoms with van der Waals surface area (Å²) in [6.07, 6.45) is 7.01. The number of hydrogen-bond donors (Lipinski definition) is 1. The van der Waals surface area contributed by atoms with Gasteiger partial charge in [-0.3, -0.25) is 0 Å². The summed E-state index contributed by atoms with van der Waals surface area (Å²) in [4.78, 5) is 2.46. The topological polar surface area (TPSA) is 12.5 Å². The maximum atomic E-state index is 5.43. The molecule has 0 aromatic rings. The summed E-state index contributed by atoms with van der Waals surface area (Å²) in [5, 5.41) is 0. The number of thiol groups is 1. The van der Waals surface area contributed by atoms with E-state index >= 15 is 0 Å². The Morgan fingerprint density at radius 1 is 1.21 bits per heavy atom. The lowest BCUT2D eigenvalue weighted by atomic mass is 9.94. The molecule has 0 saturated heterocycles. The van der Waals surface area contributed by atoms with Crippen LogP contribution in [-0.4, -0.2) is 43.5 Å². The highest BCUT2D eigenvalue weighted by Gasteiger charge is 2.17. The third-order valence-corrected chi connectivity index (χ3v) is 3.20. The van der Waals surface area contributed by atoms with Crippen molar-refractivity contribution in [2.24, 2.45) is 0 Å². The number of rotatable bonds is 6. The molecule has 1 aliphatic rings. The Balaban J connectivity index is 2.04. The lowest BCUT2D eigenvalue weighted by molar-refractivity contribution is 0.0989. The zero-order valence-electron chi connectivity index (χ0n) is 9.24. The van der Waals surface area contributed by atoms with Crippen molar-refractivity contribution in [3.05, 3.63) is 0 Å². The molecular weight excluding hydrogens is 194 g/mol. The van der Waals surface area contributed by atoms with Gasteiger partial charge in [-0.05, 0) is 19.9 Å². The van der Waals surface area contributed by atoms with Gasteiger partial charge in [-0.1, -0.05) is 19.3 Å². The first-order valence-electron chi connectivity index (χ1n) is 5.73. The Morgan fingerprint density at radius 2 is 1.93 bits per heavy atom. The summed E-state index contributed by atoms with van der Waals surface area (Å²) >= 11 is 4.11. The highest BCUT2D eigenvalue weighted by Crippen LogP contribution is 2.21. The van der Waals surface area contributed by atoms with Crippen molar-refractivity contribution in [2.75, 3.05) is 32.6 Å². The molecule has 1 fully saturated rings. The Labute approximate surface area is 93.4 Å². The highest BCUT2D eigenvalue weighted by molar-refractivity contribution is 7.80. The van der Waals surface area contributed by atoms with Crippen LogP contribution < -0.4 is 0 Å². The SMILES string of the molecule is CN(CCOCCS)C1CCCCC1. The van der Waals surface area contributed by atoms with Crippen LogP contribution in [0.15, 0.2) is 0 Å². The smallest absolute Gasteiger partial charge is 0.0593 e. The molecule has 0 unspecified atom stereocenters. The van der Waals surface area contributed by atoms with Crippen LogP contribution in [0.1, 0.15) is 32.1 Å². The third-order valence-electron chi connectivity index (χ3n) is 3.02. The van der Waals surface area contributed by atoms with Crippen molar-refractivity contribution in [1.29, 1.82) is 0 Å². The van der Waals surface area contributed by atoms with Crippen molar-refractivity contribution in [3.8, 4) is 0 Å². The van der Waals surface area contributed by atoms with Gasteiger partial charge in [0.15, 0.2) is 0 Å². The molecule has 1 rings (SSSR count). The van der Waals surface area contributed by atoms with Crippen LogP contribution in [0.4, 0.5) is 0 Å². The fourth-order valence-electron chi connectivity index (χ4n) is 2.08. The van der Waals surface area contributed by atoms with E-state index in [4.69, 9.17) is 4.74 Å². The fraction of sp³-hybridized carbons (Fsp3) is 1.00. The van der Waals surface area contributed by atoms with E-state index in [1.165, 1.54) is 32.1 Å². The van der Waals surface area contributed by atoms with E-state index in [0.29, 0.717) is 0 Å². The first kappa shape index (κ1) is 12.3. The van der Waals surface area contributed by atoms with Crippen LogP contribution in [0.5, 0.6) is 0 Å².